The quantitative estimate of drug-likeness (QED) is 0.786. The van der Waals surface area contributed by atoms with Gasteiger partial charge in [-0.15, -0.1) is 0 Å². The van der Waals surface area contributed by atoms with Crippen LogP contribution in [0, 0.1) is 11.8 Å². The monoisotopic (exact) mass is 392 g/mol. The first-order chi connectivity index (χ1) is 13.0. The molecule has 2 aliphatic heterocycles. The largest absolute Gasteiger partial charge is 0.479 e. The summed E-state index contributed by atoms with van der Waals surface area (Å²) in [6.07, 6.45) is 3.17. The molecule has 2 fully saturated rings. The Kier molecular flexibility index (Phi) is 6.64. The number of ether oxygens (including phenoxy) is 1. The predicted octanol–water partition coefficient (Wildman–Crippen LogP) is 3.60. The number of nitrogens with zero attached hydrogens (tertiary/aromatic N) is 2. The van der Waals surface area contributed by atoms with Crippen LogP contribution in [-0.4, -0.2) is 53.9 Å². The van der Waals surface area contributed by atoms with E-state index in [0.717, 1.165) is 32.4 Å². The number of likely N-dealkylation sites (tertiary alicyclic amines) is 2. The van der Waals surface area contributed by atoms with Crippen molar-refractivity contribution in [2.75, 3.05) is 26.2 Å². The molecule has 148 valence electrons. The minimum atomic E-state index is -0.597. The van der Waals surface area contributed by atoms with Crippen molar-refractivity contribution in [2.45, 2.75) is 45.6 Å². The molecule has 1 aromatic carbocycles. The molecule has 0 N–H and O–H groups in total. The second-order valence-electron chi connectivity index (χ2n) is 7.82. The summed E-state index contributed by atoms with van der Waals surface area (Å²) >= 11 is 6.10. The van der Waals surface area contributed by atoms with Crippen LogP contribution in [0.4, 0.5) is 0 Å². The van der Waals surface area contributed by atoms with Gasteiger partial charge in [0.2, 0.25) is 5.91 Å². The van der Waals surface area contributed by atoms with Crippen LogP contribution >= 0.6 is 11.6 Å². The molecular formula is C21H29ClN2O3. The van der Waals surface area contributed by atoms with Crippen molar-refractivity contribution in [1.82, 2.24) is 9.80 Å². The maximum atomic E-state index is 12.8. The van der Waals surface area contributed by atoms with E-state index < -0.39 is 6.10 Å². The van der Waals surface area contributed by atoms with E-state index in [9.17, 15) is 9.59 Å². The zero-order chi connectivity index (χ0) is 19.4. The first-order valence-electron chi connectivity index (χ1n) is 9.94. The molecule has 1 aromatic rings. The minimum absolute atomic E-state index is 0.0409. The third kappa shape index (κ3) is 4.95. The van der Waals surface area contributed by atoms with Gasteiger partial charge in [-0.3, -0.25) is 9.59 Å². The molecular weight excluding hydrogens is 364 g/mol. The lowest BCUT2D eigenvalue weighted by Gasteiger charge is -2.37. The summed E-state index contributed by atoms with van der Waals surface area (Å²) in [6.45, 7) is 6.93. The van der Waals surface area contributed by atoms with Gasteiger partial charge in [0.1, 0.15) is 5.75 Å². The molecule has 5 nitrogen and oxygen atoms in total. The van der Waals surface area contributed by atoms with Crippen LogP contribution in [0.5, 0.6) is 5.75 Å². The van der Waals surface area contributed by atoms with Gasteiger partial charge in [0.05, 0.1) is 5.02 Å². The summed E-state index contributed by atoms with van der Waals surface area (Å²) in [5.74, 6) is 1.37. The molecule has 2 atom stereocenters. The standard InChI is InChI=1S/C21H29ClN2O3/c1-15-6-5-11-24(14-15)21(26)17-9-12-23(13-10-17)20(25)16(2)27-19-8-4-3-7-18(19)22/h3-4,7-8,15-17H,5-6,9-14H2,1-2H3. The molecule has 2 amide bonds. The van der Waals surface area contributed by atoms with Gasteiger partial charge < -0.3 is 14.5 Å². The molecule has 0 aromatic heterocycles. The Balaban J connectivity index is 1.50. The second-order valence-corrected chi connectivity index (χ2v) is 8.23. The van der Waals surface area contributed by atoms with Gasteiger partial charge in [0.15, 0.2) is 6.10 Å². The van der Waals surface area contributed by atoms with Crippen LogP contribution in [-0.2, 0) is 9.59 Å². The van der Waals surface area contributed by atoms with Crippen molar-refractivity contribution < 1.29 is 14.3 Å². The van der Waals surface area contributed by atoms with Gasteiger partial charge in [-0.2, -0.15) is 0 Å². The van der Waals surface area contributed by atoms with Gasteiger partial charge >= 0.3 is 0 Å². The Labute approximate surface area is 166 Å². The highest BCUT2D eigenvalue weighted by Gasteiger charge is 2.33. The first-order valence-corrected chi connectivity index (χ1v) is 10.3. The zero-order valence-electron chi connectivity index (χ0n) is 16.2. The van der Waals surface area contributed by atoms with E-state index in [1.54, 1.807) is 19.1 Å². The fourth-order valence-electron chi connectivity index (χ4n) is 4.03. The van der Waals surface area contributed by atoms with Crippen molar-refractivity contribution in [2.24, 2.45) is 11.8 Å². The molecule has 2 heterocycles. The number of hydrogen-bond donors (Lipinski definition) is 0. The van der Waals surface area contributed by atoms with E-state index in [-0.39, 0.29) is 17.7 Å². The fraction of sp³-hybridized carbons (Fsp3) is 0.619. The van der Waals surface area contributed by atoms with Crippen molar-refractivity contribution in [3.63, 3.8) is 0 Å². The molecule has 3 rings (SSSR count). The Bertz CT molecular complexity index is 673. The smallest absolute Gasteiger partial charge is 0.263 e. The molecule has 0 aliphatic carbocycles. The third-order valence-corrected chi connectivity index (χ3v) is 5.92. The molecule has 0 spiro atoms. The third-order valence-electron chi connectivity index (χ3n) is 5.61. The van der Waals surface area contributed by atoms with Crippen molar-refractivity contribution in [3.8, 4) is 5.75 Å². The topological polar surface area (TPSA) is 49.9 Å². The van der Waals surface area contributed by atoms with Crippen LogP contribution in [0.25, 0.3) is 0 Å². The number of benzene rings is 1. The molecule has 0 radical (unpaired) electrons. The van der Waals surface area contributed by atoms with E-state index in [2.05, 4.69) is 6.92 Å². The highest BCUT2D eigenvalue weighted by atomic mass is 35.5. The van der Waals surface area contributed by atoms with Crippen LogP contribution < -0.4 is 4.74 Å². The van der Waals surface area contributed by atoms with Crippen LogP contribution in [0.2, 0.25) is 5.02 Å². The summed E-state index contributed by atoms with van der Waals surface area (Å²) < 4.78 is 5.74. The molecule has 2 unspecified atom stereocenters. The molecule has 2 aliphatic rings. The SMILES string of the molecule is CC1CCCN(C(=O)C2CCN(C(=O)C(C)Oc3ccccc3Cl)CC2)C1. The van der Waals surface area contributed by atoms with Gasteiger partial charge in [-0.05, 0) is 50.7 Å². The van der Waals surface area contributed by atoms with Crippen molar-refractivity contribution in [1.29, 1.82) is 0 Å². The zero-order valence-corrected chi connectivity index (χ0v) is 17.0. The van der Waals surface area contributed by atoms with Gasteiger partial charge in [-0.25, -0.2) is 0 Å². The fourth-order valence-corrected chi connectivity index (χ4v) is 4.21. The lowest BCUT2D eigenvalue weighted by molar-refractivity contribution is -0.144. The number of amides is 2. The lowest BCUT2D eigenvalue weighted by atomic mass is 9.92. The number of para-hydroxylation sites is 1. The number of piperidine rings is 2. The average molecular weight is 393 g/mol. The summed E-state index contributed by atoms with van der Waals surface area (Å²) in [7, 11) is 0. The van der Waals surface area contributed by atoms with Crippen LogP contribution in [0.1, 0.15) is 39.5 Å². The van der Waals surface area contributed by atoms with Crippen LogP contribution in [0.3, 0.4) is 0 Å². The molecule has 0 bridgehead atoms. The van der Waals surface area contributed by atoms with Gasteiger partial charge in [0, 0.05) is 32.1 Å². The van der Waals surface area contributed by atoms with E-state index >= 15 is 0 Å². The maximum absolute atomic E-state index is 12.8. The number of carbonyl (C=O) groups excluding carboxylic acids is 2. The highest BCUT2D eigenvalue weighted by molar-refractivity contribution is 6.32. The Morgan fingerprint density at radius 3 is 2.48 bits per heavy atom. The predicted molar refractivity (Wildman–Crippen MR) is 106 cm³/mol. The number of carbonyl (C=O) groups is 2. The summed E-state index contributed by atoms with van der Waals surface area (Å²) in [5.41, 5.74) is 0. The normalized spacial score (nSPS) is 22.4. The molecule has 6 heteroatoms. The van der Waals surface area contributed by atoms with Crippen LogP contribution in [0.15, 0.2) is 24.3 Å². The minimum Gasteiger partial charge on any atom is -0.479 e. The van der Waals surface area contributed by atoms with Gasteiger partial charge in [-0.1, -0.05) is 30.7 Å². The summed E-state index contributed by atoms with van der Waals surface area (Å²) in [6, 6.07) is 7.16. The molecule has 27 heavy (non-hydrogen) atoms. The number of hydrogen-bond acceptors (Lipinski definition) is 3. The van der Waals surface area contributed by atoms with Gasteiger partial charge in [0.25, 0.3) is 5.91 Å². The Hall–Kier alpha value is -1.75. The molecule has 0 saturated carbocycles. The summed E-state index contributed by atoms with van der Waals surface area (Å²) in [5, 5.41) is 0.497. The second kappa shape index (κ2) is 8.96. The number of halogens is 1. The van der Waals surface area contributed by atoms with Crippen molar-refractivity contribution >= 4 is 23.4 Å². The average Bonchev–Trinajstić information content (AvgIpc) is 2.68. The Morgan fingerprint density at radius 2 is 1.81 bits per heavy atom. The van der Waals surface area contributed by atoms with E-state index in [1.807, 2.05) is 21.9 Å². The lowest BCUT2D eigenvalue weighted by Crippen LogP contribution is -2.49. The molecule has 2 saturated heterocycles. The summed E-state index contributed by atoms with van der Waals surface area (Å²) in [4.78, 5) is 29.3. The maximum Gasteiger partial charge on any atom is 0.263 e. The van der Waals surface area contributed by atoms with E-state index in [1.165, 1.54) is 6.42 Å². The van der Waals surface area contributed by atoms with E-state index in [0.29, 0.717) is 29.8 Å². The Morgan fingerprint density at radius 1 is 1.11 bits per heavy atom. The first kappa shape index (κ1) is 20.0. The van der Waals surface area contributed by atoms with Crippen molar-refractivity contribution in [3.05, 3.63) is 29.3 Å². The van der Waals surface area contributed by atoms with E-state index in [4.69, 9.17) is 16.3 Å². The highest BCUT2D eigenvalue weighted by Crippen LogP contribution is 2.26. The number of rotatable bonds is 4.